The monoisotopic (exact) mass is 525 g/mol. The second-order valence-electron chi connectivity index (χ2n) is 10.2. The number of methoxy groups -OCH3 is 1. The van der Waals surface area contributed by atoms with Gasteiger partial charge in [-0.2, -0.15) is 4.31 Å². The first-order chi connectivity index (χ1) is 17.0. The molecular formula is C29H39NO4SSi. The van der Waals surface area contributed by atoms with Crippen LogP contribution < -0.4 is 4.74 Å². The van der Waals surface area contributed by atoms with Gasteiger partial charge in [-0.05, 0) is 58.6 Å². The van der Waals surface area contributed by atoms with Crippen molar-refractivity contribution in [2.75, 3.05) is 7.11 Å². The van der Waals surface area contributed by atoms with Gasteiger partial charge in [-0.15, -0.1) is 5.73 Å². The molecule has 5 nitrogen and oxygen atoms in total. The highest BCUT2D eigenvalue weighted by molar-refractivity contribution is 7.89. The van der Waals surface area contributed by atoms with Gasteiger partial charge in [0.25, 0.3) is 8.32 Å². The molecule has 1 aliphatic heterocycles. The lowest BCUT2D eigenvalue weighted by Crippen LogP contribution is -2.49. The van der Waals surface area contributed by atoms with Gasteiger partial charge in [0.2, 0.25) is 10.0 Å². The molecule has 0 aromatic heterocycles. The SMILES string of the molecule is C=C=CC1C(O[Si](C(C)C)(C(C)C)C(C)C)=CC(c2ccccc2)N1S(=O)(=O)c1ccc(OC)cc1. The molecule has 3 rings (SSSR count). The third-order valence-corrected chi connectivity index (χ3v) is 15.1. The van der Waals surface area contributed by atoms with Gasteiger partial charge in [0, 0.05) is 0 Å². The lowest BCUT2D eigenvalue weighted by Gasteiger charge is -2.43. The van der Waals surface area contributed by atoms with Crippen LogP contribution in [0.1, 0.15) is 53.1 Å². The molecule has 0 N–H and O–H groups in total. The summed E-state index contributed by atoms with van der Waals surface area (Å²) >= 11 is 0. The number of hydrogen-bond donors (Lipinski definition) is 0. The van der Waals surface area contributed by atoms with Crippen molar-refractivity contribution in [1.82, 2.24) is 4.31 Å². The van der Waals surface area contributed by atoms with Crippen molar-refractivity contribution in [3.05, 3.63) is 90.4 Å². The summed E-state index contributed by atoms with van der Waals surface area (Å²) in [5.74, 6) is 1.26. The zero-order chi connectivity index (χ0) is 26.7. The molecule has 0 amide bonds. The van der Waals surface area contributed by atoms with Crippen LogP contribution in [0.2, 0.25) is 16.6 Å². The van der Waals surface area contributed by atoms with Crippen LogP contribution in [0, 0.1) is 0 Å². The molecule has 36 heavy (non-hydrogen) atoms. The molecule has 0 fully saturated rings. The zero-order valence-corrected chi connectivity index (χ0v) is 24.2. The van der Waals surface area contributed by atoms with Crippen LogP contribution in [-0.4, -0.2) is 34.2 Å². The van der Waals surface area contributed by atoms with E-state index in [9.17, 15) is 8.42 Å². The molecule has 0 saturated heterocycles. The van der Waals surface area contributed by atoms with Crippen LogP contribution in [0.15, 0.2) is 89.7 Å². The Hall–Kier alpha value is -2.57. The van der Waals surface area contributed by atoms with Crippen LogP contribution in [0.25, 0.3) is 0 Å². The van der Waals surface area contributed by atoms with Crippen molar-refractivity contribution in [2.45, 2.75) is 75.1 Å². The molecule has 2 atom stereocenters. The molecule has 194 valence electrons. The Morgan fingerprint density at radius 2 is 1.50 bits per heavy atom. The van der Waals surface area contributed by atoms with E-state index in [0.717, 1.165) is 5.56 Å². The van der Waals surface area contributed by atoms with Gasteiger partial charge in [0.1, 0.15) is 17.6 Å². The van der Waals surface area contributed by atoms with E-state index in [0.29, 0.717) is 28.1 Å². The van der Waals surface area contributed by atoms with Crippen molar-refractivity contribution in [3.8, 4) is 5.75 Å². The zero-order valence-electron chi connectivity index (χ0n) is 22.4. The fraction of sp³-hybridized carbons (Fsp3) is 0.414. The lowest BCUT2D eigenvalue weighted by molar-refractivity contribution is 0.300. The van der Waals surface area contributed by atoms with Crippen LogP contribution in [0.4, 0.5) is 0 Å². The minimum Gasteiger partial charge on any atom is -0.544 e. The van der Waals surface area contributed by atoms with Crippen LogP contribution in [0.3, 0.4) is 0 Å². The largest absolute Gasteiger partial charge is 0.544 e. The molecule has 2 aromatic carbocycles. The van der Waals surface area contributed by atoms with Crippen molar-refractivity contribution >= 4 is 18.3 Å². The van der Waals surface area contributed by atoms with Crippen molar-refractivity contribution in [1.29, 1.82) is 0 Å². The summed E-state index contributed by atoms with van der Waals surface area (Å²) in [5, 5.41) is 0. The highest BCUT2D eigenvalue weighted by atomic mass is 32.2. The van der Waals surface area contributed by atoms with Crippen LogP contribution in [-0.2, 0) is 14.4 Å². The summed E-state index contributed by atoms with van der Waals surface area (Å²) in [4.78, 5) is 0.196. The average Bonchev–Trinajstić information content (AvgIpc) is 3.21. The number of ether oxygens (including phenoxy) is 1. The highest BCUT2D eigenvalue weighted by Gasteiger charge is 2.51. The van der Waals surface area contributed by atoms with E-state index >= 15 is 0 Å². The Kier molecular flexibility index (Phi) is 8.73. The maximum atomic E-state index is 14.2. The Balaban J connectivity index is 2.21. The van der Waals surface area contributed by atoms with Gasteiger partial charge in [-0.1, -0.05) is 78.5 Å². The fourth-order valence-electron chi connectivity index (χ4n) is 5.61. The van der Waals surface area contributed by atoms with E-state index in [4.69, 9.17) is 9.16 Å². The van der Waals surface area contributed by atoms with Crippen LogP contribution >= 0.6 is 0 Å². The molecule has 2 aromatic rings. The minimum absolute atomic E-state index is 0.196. The first-order valence-corrected chi connectivity index (χ1v) is 16.1. The molecule has 7 heteroatoms. The van der Waals surface area contributed by atoms with E-state index in [2.05, 4.69) is 53.9 Å². The number of benzene rings is 2. The summed E-state index contributed by atoms with van der Waals surface area (Å²) in [6.07, 6.45) is 3.68. The second-order valence-corrected chi connectivity index (χ2v) is 17.4. The van der Waals surface area contributed by atoms with Gasteiger partial charge >= 0.3 is 0 Å². The molecule has 1 heterocycles. The van der Waals surface area contributed by atoms with Gasteiger partial charge in [-0.3, -0.25) is 0 Å². The van der Waals surface area contributed by atoms with Gasteiger partial charge in [-0.25, -0.2) is 8.42 Å². The maximum Gasteiger partial charge on any atom is 0.258 e. The lowest BCUT2D eigenvalue weighted by atomic mass is 10.1. The summed E-state index contributed by atoms with van der Waals surface area (Å²) in [6, 6.07) is 15.0. The van der Waals surface area contributed by atoms with Gasteiger partial charge in [0.15, 0.2) is 0 Å². The Morgan fingerprint density at radius 3 is 1.97 bits per heavy atom. The van der Waals surface area contributed by atoms with Crippen molar-refractivity contribution in [2.24, 2.45) is 0 Å². The molecular weight excluding hydrogens is 486 g/mol. The normalized spacial score (nSPS) is 18.9. The standard InChI is InChI=1S/C29H39NO4SSi/c1-9-13-27-29(34-36(21(2)3,22(4)5)23(6)7)20-28(24-14-11-10-12-15-24)30(27)35(31,32)26-18-16-25(33-8)17-19-26/h10-23,27-28H,1H2,2-8H3. The summed E-state index contributed by atoms with van der Waals surface area (Å²) < 4.78 is 42.1. The smallest absolute Gasteiger partial charge is 0.258 e. The predicted octanol–water partition coefficient (Wildman–Crippen LogP) is 7.23. The Labute approximate surface area is 218 Å². The number of nitrogens with zero attached hydrogens (tertiary/aromatic N) is 1. The fourth-order valence-corrected chi connectivity index (χ4v) is 12.6. The van der Waals surface area contributed by atoms with E-state index in [1.807, 2.05) is 36.4 Å². The second kappa shape index (κ2) is 11.2. The topological polar surface area (TPSA) is 55.8 Å². The average molecular weight is 526 g/mol. The molecule has 1 aliphatic rings. The predicted molar refractivity (Wildman–Crippen MR) is 149 cm³/mol. The third-order valence-electron chi connectivity index (χ3n) is 7.22. The van der Waals surface area contributed by atoms with Gasteiger partial charge in [0.05, 0.1) is 18.0 Å². The Bertz CT molecular complexity index is 1190. The summed E-state index contributed by atoms with van der Waals surface area (Å²) in [7, 11) is -4.71. The van der Waals surface area contributed by atoms with E-state index in [1.165, 1.54) is 4.31 Å². The highest BCUT2D eigenvalue weighted by Crippen LogP contribution is 2.48. The Morgan fingerprint density at radius 1 is 0.944 bits per heavy atom. The quantitative estimate of drug-likeness (QED) is 0.243. The molecule has 0 aliphatic carbocycles. The van der Waals surface area contributed by atoms with Gasteiger partial charge < -0.3 is 9.16 Å². The first kappa shape index (κ1) is 28.0. The van der Waals surface area contributed by atoms with Crippen molar-refractivity contribution < 1.29 is 17.6 Å². The number of rotatable bonds is 10. The molecule has 0 saturated carbocycles. The first-order valence-electron chi connectivity index (χ1n) is 12.5. The van der Waals surface area contributed by atoms with E-state index < -0.39 is 30.4 Å². The molecule has 0 spiro atoms. The van der Waals surface area contributed by atoms with E-state index in [-0.39, 0.29) is 4.90 Å². The molecule has 0 radical (unpaired) electrons. The van der Waals surface area contributed by atoms with E-state index in [1.54, 1.807) is 37.5 Å². The molecule has 0 bridgehead atoms. The van der Waals surface area contributed by atoms with Crippen molar-refractivity contribution in [3.63, 3.8) is 0 Å². The molecule has 2 unspecified atom stereocenters. The number of sulfonamides is 1. The summed E-state index contributed by atoms with van der Waals surface area (Å²) in [5.41, 5.74) is 4.75. The maximum absolute atomic E-state index is 14.2. The third kappa shape index (κ3) is 5.11. The van der Waals surface area contributed by atoms with Crippen LogP contribution in [0.5, 0.6) is 5.75 Å². The summed E-state index contributed by atoms with van der Waals surface area (Å²) in [6.45, 7) is 17.1. The minimum atomic E-state index is -3.92. The number of hydrogen-bond acceptors (Lipinski definition) is 4.